The number of thiocarbonyl (C=S) groups is 1. The van der Waals surface area contributed by atoms with Gasteiger partial charge in [-0.25, -0.2) is 0 Å². The lowest BCUT2D eigenvalue weighted by Gasteiger charge is -2.11. The van der Waals surface area contributed by atoms with Crippen LogP contribution in [0.1, 0.15) is 12.5 Å². The van der Waals surface area contributed by atoms with E-state index in [2.05, 4.69) is 11.9 Å². The molecule has 1 aromatic rings. The fraction of sp³-hybridized carbons (Fsp3) is 0.250. The number of hydrogen-bond donors (Lipinski definition) is 1. The maximum Gasteiger partial charge on any atom is 0.138 e. The molecule has 0 radical (unpaired) electrons. The number of rotatable bonds is 4. The third-order valence-corrected chi connectivity index (χ3v) is 3.22. The molecule has 0 aliphatic rings. The number of ether oxygens (including phenoxy) is 1. The molecule has 16 heavy (non-hydrogen) atoms. The average Bonchev–Trinajstić information content (AvgIpc) is 2.30. The monoisotopic (exact) mass is 253 g/mol. The molecule has 0 heterocycles. The summed E-state index contributed by atoms with van der Waals surface area (Å²) >= 11 is 6.53. The first-order valence-electron chi connectivity index (χ1n) is 4.99. The number of nitrogens with one attached hydrogen (secondary N) is 1. The van der Waals surface area contributed by atoms with E-state index in [0.29, 0.717) is 10.9 Å². The highest BCUT2D eigenvalue weighted by Crippen LogP contribution is 2.32. The van der Waals surface area contributed by atoms with Gasteiger partial charge >= 0.3 is 0 Å². The van der Waals surface area contributed by atoms with E-state index in [4.69, 9.17) is 17.0 Å². The van der Waals surface area contributed by atoms with E-state index < -0.39 is 0 Å². The van der Waals surface area contributed by atoms with Crippen LogP contribution in [0.25, 0.3) is 4.91 Å². The van der Waals surface area contributed by atoms with Crippen molar-refractivity contribution in [3.63, 3.8) is 0 Å². The number of thioether (sulfide) groups is 1. The van der Waals surface area contributed by atoms with Crippen molar-refractivity contribution < 1.29 is 4.74 Å². The first-order chi connectivity index (χ1) is 7.69. The molecule has 0 unspecified atom stereocenters. The van der Waals surface area contributed by atoms with Crippen molar-refractivity contribution in [2.75, 3.05) is 13.7 Å². The van der Waals surface area contributed by atoms with Crippen LogP contribution in [0, 0.1) is 0 Å². The molecule has 0 aliphatic heterocycles. The lowest BCUT2D eigenvalue weighted by atomic mass is 10.2. The molecule has 86 valence electrons. The van der Waals surface area contributed by atoms with E-state index in [1.165, 1.54) is 11.8 Å². The number of hydrogen-bond acceptors (Lipinski definition) is 3. The van der Waals surface area contributed by atoms with Gasteiger partial charge in [-0.3, -0.25) is 0 Å². The van der Waals surface area contributed by atoms with Crippen molar-refractivity contribution in [1.29, 1.82) is 0 Å². The molecule has 0 aliphatic carbocycles. The molecule has 0 aromatic heterocycles. The molecule has 1 aromatic carbocycles. The molecular formula is C12H15NOS2. The van der Waals surface area contributed by atoms with Crippen LogP contribution in [0.5, 0.6) is 5.75 Å². The zero-order valence-corrected chi connectivity index (χ0v) is 11.1. The van der Waals surface area contributed by atoms with E-state index >= 15 is 0 Å². The molecule has 0 saturated carbocycles. The van der Waals surface area contributed by atoms with Gasteiger partial charge < -0.3 is 10.1 Å². The van der Waals surface area contributed by atoms with Crippen molar-refractivity contribution in [1.82, 2.24) is 5.32 Å². The first-order valence-corrected chi connectivity index (χ1v) is 6.22. The molecule has 2 nitrogen and oxygen atoms in total. The molecule has 0 bridgehead atoms. The van der Waals surface area contributed by atoms with Crippen LogP contribution < -0.4 is 10.1 Å². The maximum atomic E-state index is 5.54. The molecule has 1 N–H and O–H groups in total. The van der Waals surface area contributed by atoms with Gasteiger partial charge in [-0.05, 0) is 13.0 Å². The molecule has 0 saturated heterocycles. The molecule has 0 spiro atoms. The zero-order chi connectivity index (χ0) is 12.0. The second kappa shape index (κ2) is 6.55. The Labute approximate surface area is 106 Å². The van der Waals surface area contributed by atoms with E-state index in [9.17, 15) is 0 Å². The summed E-state index contributed by atoms with van der Waals surface area (Å²) < 4.78 is 6.24. The van der Waals surface area contributed by atoms with Crippen molar-refractivity contribution >= 4 is 33.2 Å². The Balaban J connectivity index is 2.85. The van der Waals surface area contributed by atoms with Crippen LogP contribution in [0.3, 0.4) is 0 Å². The van der Waals surface area contributed by atoms with E-state index in [1.54, 1.807) is 7.05 Å². The molecule has 0 amide bonds. The molecule has 0 fully saturated rings. The van der Waals surface area contributed by atoms with Crippen molar-refractivity contribution in [2.24, 2.45) is 0 Å². The standard InChI is InChI=1S/C12H15NOS2/c1-4-14-11-8-6-5-7-10(11)9(2)16-12(15)13-3/h5-8H,2,4H2,1,3H3,(H,13,15). The fourth-order valence-corrected chi connectivity index (χ4v) is 2.10. The van der Waals surface area contributed by atoms with Crippen molar-refractivity contribution in [3.05, 3.63) is 36.4 Å². The normalized spacial score (nSPS) is 9.62. The Morgan fingerprint density at radius 1 is 1.50 bits per heavy atom. The summed E-state index contributed by atoms with van der Waals surface area (Å²) in [7, 11) is 1.80. The Morgan fingerprint density at radius 3 is 2.81 bits per heavy atom. The Hall–Kier alpha value is -1.00. The largest absolute Gasteiger partial charge is 0.493 e. The van der Waals surface area contributed by atoms with Gasteiger partial charge in [0.1, 0.15) is 10.1 Å². The number of para-hydroxylation sites is 1. The second-order valence-corrected chi connectivity index (χ2v) is 4.76. The second-order valence-electron chi connectivity index (χ2n) is 2.99. The third-order valence-electron chi connectivity index (χ3n) is 1.91. The SMILES string of the molecule is C=C(SC(=S)NC)c1ccccc1OCC. The summed E-state index contributed by atoms with van der Waals surface area (Å²) in [5.74, 6) is 0.849. The lowest BCUT2D eigenvalue weighted by Crippen LogP contribution is -2.10. The summed E-state index contributed by atoms with van der Waals surface area (Å²) in [6.07, 6.45) is 0. The minimum atomic E-state index is 0.644. The summed E-state index contributed by atoms with van der Waals surface area (Å²) in [5.41, 5.74) is 0.993. The van der Waals surface area contributed by atoms with Crippen LogP contribution in [0.2, 0.25) is 0 Å². The van der Waals surface area contributed by atoms with Gasteiger partial charge in [0.05, 0.1) is 6.61 Å². The quantitative estimate of drug-likeness (QED) is 0.831. The smallest absolute Gasteiger partial charge is 0.138 e. The third kappa shape index (κ3) is 3.54. The van der Waals surface area contributed by atoms with Crippen LogP contribution >= 0.6 is 24.0 Å². The zero-order valence-electron chi connectivity index (χ0n) is 9.45. The summed E-state index contributed by atoms with van der Waals surface area (Å²) in [5, 5.41) is 2.91. The molecule has 4 heteroatoms. The first kappa shape index (κ1) is 13.1. The Bertz CT molecular complexity index is 390. The Morgan fingerprint density at radius 2 is 2.19 bits per heavy atom. The van der Waals surface area contributed by atoms with Crippen LogP contribution in [0.4, 0.5) is 0 Å². The van der Waals surface area contributed by atoms with Crippen LogP contribution in [0.15, 0.2) is 30.8 Å². The lowest BCUT2D eigenvalue weighted by molar-refractivity contribution is 0.339. The summed E-state index contributed by atoms with van der Waals surface area (Å²) in [4.78, 5) is 0.892. The van der Waals surface area contributed by atoms with E-state index in [-0.39, 0.29) is 0 Å². The highest BCUT2D eigenvalue weighted by atomic mass is 32.2. The van der Waals surface area contributed by atoms with Gasteiger partial charge in [0.15, 0.2) is 0 Å². The van der Waals surface area contributed by atoms with Gasteiger partial charge in [0, 0.05) is 17.5 Å². The van der Waals surface area contributed by atoms with E-state index in [1.807, 2.05) is 31.2 Å². The van der Waals surface area contributed by atoms with Gasteiger partial charge in [0.25, 0.3) is 0 Å². The van der Waals surface area contributed by atoms with E-state index in [0.717, 1.165) is 16.2 Å². The maximum absolute atomic E-state index is 5.54. The highest BCUT2D eigenvalue weighted by molar-refractivity contribution is 8.29. The van der Waals surface area contributed by atoms with Gasteiger partial charge in [0.2, 0.25) is 0 Å². The van der Waals surface area contributed by atoms with Crippen molar-refractivity contribution in [3.8, 4) is 5.75 Å². The summed E-state index contributed by atoms with van der Waals surface area (Å²) in [6.45, 7) is 6.62. The Kier molecular flexibility index (Phi) is 5.35. The minimum absolute atomic E-state index is 0.644. The fourth-order valence-electron chi connectivity index (χ4n) is 1.20. The van der Waals surface area contributed by atoms with Gasteiger partial charge in [-0.1, -0.05) is 48.8 Å². The molecule has 0 atom stereocenters. The average molecular weight is 253 g/mol. The molecule has 1 rings (SSSR count). The summed E-state index contributed by atoms with van der Waals surface area (Å²) in [6, 6.07) is 7.83. The van der Waals surface area contributed by atoms with Crippen LogP contribution in [-0.2, 0) is 0 Å². The number of benzene rings is 1. The highest BCUT2D eigenvalue weighted by Gasteiger charge is 2.08. The van der Waals surface area contributed by atoms with Gasteiger partial charge in [-0.2, -0.15) is 0 Å². The van der Waals surface area contributed by atoms with Crippen LogP contribution in [-0.4, -0.2) is 18.0 Å². The minimum Gasteiger partial charge on any atom is -0.493 e. The predicted octanol–water partition coefficient (Wildman–Crippen LogP) is 3.29. The molecular weight excluding hydrogens is 238 g/mol. The van der Waals surface area contributed by atoms with Gasteiger partial charge in [-0.15, -0.1) is 0 Å². The van der Waals surface area contributed by atoms with Crippen molar-refractivity contribution in [2.45, 2.75) is 6.92 Å². The topological polar surface area (TPSA) is 21.3 Å². The predicted molar refractivity (Wildman–Crippen MR) is 75.9 cm³/mol.